The number of rotatable bonds is 0. The van der Waals surface area contributed by atoms with Gasteiger partial charge < -0.3 is 10.7 Å². The van der Waals surface area contributed by atoms with Gasteiger partial charge in [0.15, 0.2) is 0 Å². The van der Waals surface area contributed by atoms with E-state index in [1.807, 2.05) is 6.92 Å². The van der Waals surface area contributed by atoms with Crippen LogP contribution in [-0.4, -0.2) is 15.2 Å². The maximum atomic E-state index is 11.3. The van der Waals surface area contributed by atoms with Gasteiger partial charge in [0.2, 0.25) is 0 Å². The van der Waals surface area contributed by atoms with Crippen molar-refractivity contribution in [3.8, 4) is 0 Å². The number of hydrogen-bond donors (Lipinski definition) is 2. The summed E-state index contributed by atoms with van der Waals surface area (Å²) in [5.41, 5.74) is 6.34. The Morgan fingerprint density at radius 2 is 2.50 bits per heavy atom. The summed E-state index contributed by atoms with van der Waals surface area (Å²) in [6.45, 7) is 2.00. The highest BCUT2D eigenvalue weighted by Crippen LogP contribution is 2.38. The molecule has 0 radical (unpaired) electrons. The third-order valence-corrected chi connectivity index (χ3v) is 3.20. The molecule has 3 N–H and O–H groups in total. The Morgan fingerprint density at radius 3 is 3.17 bits per heavy atom. The van der Waals surface area contributed by atoms with Gasteiger partial charge in [0.25, 0.3) is 5.56 Å². The summed E-state index contributed by atoms with van der Waals surface area (Å²) >= 11 is 1.56. The minimum Gasteiger partial charge on any atom is -0.323 e. The fourth-order valence-corrected chi connectivity index (χ4v) is 2.37. The first-order valence-electron chi connectivity index (χ1n) is 3.70. The first-order valence-corrected chi connectivity index (χ1v) is 4.58. The Morgan fingerprint density at radius 1 is 1.75 bits per heavy atom. The zero-order valence-electron chi connectivity index (χ0n) is 6.57. The lowest BCUT2D eigenvalue weighted by molar-refractivity contribution is 0.704. The first kappa shape index (κ1) is 7.82. The Kier molecular flexibility index (Phi) is 1.69. The van der Waals surface area contributed by atoms with Crippen LogP contribution >= 0.6 is 11.8 Å². The fourth-order valence-electron chi connectivity index (χ4n) is 1.27. The molecular weight excluding hydrogens is 174 g/mol. The van der Waals surface area contributed by atoms with E-state index in [2.05, 4.69) is 9.97 Å². The van der Waals surface area contributed by atoms with Gasteiger partial charge in [-0.2, -0.15) is 0 Å². The average molecular weight is 183 g/mol. The molecule has 12 heavy (non-hydrogen) atoms. The molecule has 4 nitrogen and oxygen atoms in total. The van der Waals surface area contributed by atoms with Gasteiger partial charge in [0.1, 0.15) is 5.03 Å². The van der Waals surface area contributed by atoms with Crippen LogP contribution in [0.1, 0.15) is 18.5 Å². The maximum absolute atomic E-state index is 11.3. The molecule has 5 heteroatoms. The smallest absolute Gasteiger partial charge is 0.256 e. The van der Waals surface area contributed by atoms with Crippen LogP contribution < -0.4 is 11.3 Å². The summed E-state index contributed by atoms with van der Waals surface area (Å²) in [5, 5.41) is 1.02. The quantitative estimate of drug-likeness (QED) is 0.566. The predicted octanol–water partition coefficient (Wildman–Crippen LogP) is 0.264. The van der Waals surface area contributed by atoms with Crippen LogP contribution in [0.15, 0.2) is 16.1 Å². The van der Waals surface area contributed by atoms with Crippen LogP contribution in [-0.2, 0) is 0 Å². The highest BCUT2D eigenvalue weighted by molar-refractivity contribution is 8.00. The van der Waals surface area contributed by atoms with Crippen LogP contribution in [0.5, 0.6) is 0 Å². The van der Waals surface area contributed by atoms with Gasteiger partial charge in [0, 0.05) is 11.3 Å². The molecule has 1 aliphatic heterocycles. The van der Waals surface area contributed by atoms with Crippen molar-refractivity contribution in [2.45, 2.75) is 23.2 Å². The lowest BCUT2D eigenvalue weighted by Gasteiger charge is -2.05. The van der Waals surface area contributed by atoms with Crippen molar-refractivity contribution in [1.82, 2.24) is 9.97 Å². The highest BCUT2D eigenvalue weighted by Gasteiger charge is 2.30. The minimum absolute atomic E-state index is 0.107. The van der Waals surface area contributed by atoms with Gasteiger partial charge in [-0.05, 0) is 0 Å². The van der Waals surface area contributed by atoms with Crippen LogP contribution in [0, 0.1) is 0 Å². The molecule has 0 saturated carbocycles. The molecule has 0 fully saturated rings. The molecule has 0 aliphatic carbocycles. The lowest BCUT2D eigenvalue weighted by atomic mass is 10.1. The first-order chi connectivity index (χ1) is 5.70. The predicted molar refractivity (Wildman–Crippen MR) is 47.1 cm³/mol. The van der Waals surface area contributed by atoms with Crippen molar-refractivity contribution in [2.24, 2.45) is 5.73 Å². The van der Waals surface area contributed by atoms with Crippen molar-refractivity contribution in [3.63, 3.8) is 0 Å². The number of nitrogens with one attached hydrogen (secondary N) is 1. The van der Waals surface area contributed by atoms with E-state index in [-0.39, 0.29) is 16.9 Å². The third-order valence-electron chi connectivity index (χ3n) is 1.99. The molecule has 0 saturated heterocycles. The van der Waals surface area contributed by atoms with Gasteiger partial charge >= 0.3 is 0 Å². The third kappa shape index (κ3) is 0.971. The van der Waals surface area contributed by atoms with Gasteiger partial charge in [-0.1, -0.05) is 6.92 Å². The van der Waals surface area contributed by atoms with Crippen LogP contribution in [0.3, 0.4) is 0 Å². The normalized spacial score (nSPS) is 27.2. The molecule has 0 amide bonds. The van der Waals surface area contributed by atoms with E-state index in [0.717, 1.165) is 5.03 Å². The standard InChI is InChI=1S/C7H9N3OS/c1-3-5(8)4-6(11)9-2-10-7(4)12-3/h2-3,5H,8H2,1H3,(H,9,10,11)/t3-,5-/m0/s1. The van der Waals surface area contributed by atoms with Crippen molar-refractivity contribution in [3.05, 3.63) is 22.2 Å². The molecule has 0 spiro atoms. The summed E-state index contributed by atoms with van der Waals surface area (Å²) in [7, 11) is 0. The second kappa shape index (κ2) is 2.60. The molecule has 1 aromatic heterocycles. The number of aromatic nitrogens is 2. The number of nitrogens with two attached hydrogens (primary N) is 1. The van der Waals surface area contributed by atoms with E-state index in [0.29, 0.717) is 5.56 Å². The van der Waals surface area contributed by atoms with Gasteiger partial charge in [-0.3, -0.25) is 4.79 Å². The molecule has 2 rings (SSSR count). The van der Waals surface area contributed by atoms with E-state index >= 15 is 0 Å². The molecule has 1 aliphatic rings. The minimum atomic E-state index is -0.178. The number of fused-ring (bicyclic) bond motifs is 1. The van der Waals surface area contributed by atoms with Crippen LogP contribution in [0.4, 0.5) is 0 Å². The summed E-state index contributed by atoms with van der Waals surface area (Å²) in [6, 6.07) is -0.178. The fraction of sp³-hybridized carbons (Fsp3) is 0.429. The van der Waals surface area contributed by atoms with Crippen molar-refractivity contribution >= 4 is 11.8 Å². The summed E-state index contributed by atoms with van der Waals surface area (Å²) in [5.74, 6) is 0. The average Bonchev–Trinajstić information content (AvgIpc) is 2.29. The molecule has 0 unspecified atom stereocenters. The molecule has 64 valence electrons. The highest BCUT2D eigenvalue weighted by atomic mass is 32.2. The number of aromatic amines is 1. The van der Waals surface area contributed by atoms with E-state index < -0.39 is 0 Å². The van der Waals surface area contributed by atoms with Gasteiger partial charge in [0.05, 0.1) is 11.9 Å². The maximum Gasteiger partial charge on any atom is 0.256 e. The molecule has 2 heterocycles. The number of hydrogen-bond acceptors (Lipinski definition) is 4. The van der Waals surface area contributed by atoms with Crippen LogP contribution in [0.2, 0.25) is 0 Å². The van der Waals surface area contributed by atoms with Crippen molar-refractivity contribution < 1.29 is 0 Å². The van der Waals surface area contributed by atoms with E-state index in [9.17, 15) is 4.79 Å². The lowest BCUT2D eigenvalue weighted by Crippen LogP contribution is -2.24. The summed E-state index contributed by atoms with van der Waals surface area (Å²) in [6.07, 6.45) is 1.42. The zero-order chi connectivity index (χ0) is 8.72. The summed E-state index contributed by atoms with van der Waals surface area (Å²) < 4.78 is 0. The van der Waals surface area contributed by atoms with Crippen molar-refractivity contribution in [2.75, 3.05) is 0 Å². The number of nitrogens with zero attached hydrogens (tertiary/aromatic N) is 1. The Bertz CT molecular complexity index is 362. The monoisotopic (exact) mass is 183 g/mol. The second-order valence-electron chi connectivity index (χ2n) is 2.80. The topological polar surface area (TPSA) is 71.8 Å². The molecular formula is C7H9N3OS. The molecule has 0 bridgehead atoms. The van der Waals surface area contributed by atoms with Crippen LogP contribution in [0.25, 0.3) is 0 Å². The molecule has 0 aromatic carbocycles. The Labute approximate surface area is 73.6 Å². The SMILES string of the molecule is C[C@@H]1Sc2nc[nH]c(=O)c2[C@H]1N. The largest absolute Gasteiger partial charge is 0.323 e. The second-order valence-corrected chi connectivity index (χ2v) is 4.17. The van der Waals surface area contributed by atoms with E-state index in [4.69, 9.17) is 5.73 Å². The number of H-pyrrole nitrogens is 1. The van der Waals surface area contributed by atoms with Gasteiger partial charge in [-0.15, -0.1) is 11.8 Å². The zero-order valence-corrected chi connectivity index (χ0v) is 7.39. The Balaban J connectivity index is 2.62. The molecule has 2 atom stereocenters. The number of thioether (sulfide) groups is 1. The van der Waals surface area contributed by atoms with E-state index in [1.54, 1.807) is 11.8 Å². The van der Waals surface area contributed by atoms with Crippen molar-refractivity contribution in [1.29, 1.82) is 0 Å². The van der Waals surface area contributed by atoms with Gasteiger partial charge in [-0.25, -0.2) is 4.98 Å². The Hall–Kier alpha value is -0.810. The summed E-state index contributed by atoms with van der Waals surface area (Å²) in [4.78, 5) is 17.8. The molecule has 1 aromatic rings. The van der Waals surface area contributed by atoms with E-state index in [1.165, 1.54) is 6.33 Å².